The molecule has 0 atom stereocenters. The Kier molecular flexibility index (Phi) is 9.93. The molecule has 1 aromatic carbocycles. The van der Waals surface area contributed by atoms with Crippen LogP contribution in [0.5, 0.6) is 11.5 Å². The molecule has 5 nitrogen and oxygen atoms in total. The number of benzene rings is 1. The third-order valence-corrected chi connectivity index (χ3v) is 4.94. The monoisotopic (exact) mass is 503 g/mol. The van der Waals surface area contributed by atoms with Crippen LogP contribution in [0, 0.1) is 0 Å². The lowest BCUT2D eigenvalue weighted by Gasteiger charge is -2.27. The molecule has 1 heterocycles. The second-order valence-corrected chi connectivity index (χ2v) is 7.41. The van der Waals surface area contributed by atoms with Crippen molar-refractivity contribution in [2.75, 3.05) is 27.3 Å². The Balaban J connectivity index is 0.00000364. The summed E-state index contributed by atoms with van der Waals surface area (Å²) in [5, 5.41) is 11.0. The van der Waals surface area contributed by atoms with Crippen molar-refractivity contribution < 1.29 is 9.47 Å². The Bertz CT molecular complexity index is 718. The molecule has 2 rings (SSSR count). The van der Waals surface area contributed by atoms with E-state index in [0.717, 1.165) is 30.5 Å². The van der Waals surface area contributed by atoms with E-state index in [4.69, 9.17) is 9.47 Å². The van der Waals surface area contributed by atoms with Crippen molar-refractivity contribution in [3.05, 3.63) is 46.2 Å². The van der Waals surface area contributed by atoms with Gasteiger partial charge in [0.1, 0.15) is 0 Å². The summed E-state index contributed by atoms with van der Waals surface area (Å²) in [5.74, 6) is 2.31. The van der Waals surface area contributed by atoms with Crippen molar-refractivity contribution in [1.82, 2.24) is 10.6 Å². The highest BCUT2D eigenvalue weighted by Crippen LogP contribution is 2.32. The van der Waals surface area contributed by atoms with Gasteiger partial charge in [-0.2, -0.15) is 11.3 Å². The Morgan fingerprint density at radius 3 is 2.44 bits per heavy atom. The molecule has 0 bridgehead atoms. The summed E-state index contributed by atoms with van der Waals surface area (Å²) in [6, 6.07) is 8.17. The Labute approximate surface area is 183 Å². The molecule has 0 fully saturated rings. The van der Waals surface area contributed by atoms with E-state index in [1.54, 1.807) is 25.6 Å². The number of methoxy groups -OCH3 is 2. The molecule has 1 aromatic heterocycles. The summed E-state index contributed by atoms with van der Waals surface area (Å²) < 4.78 is 10.8. The first-order chi connectivity index (χ1) is 12.5. The average molecular weight is 503 g/mol. The fourth-order valence-electron chi connectivity index (χ4n) is 2.56. The molecule has 0 aliphatic rings. The minimum absolute atomic E-state index is 0. The van der Waals surface area contributed by atoms with Gasteiger partial charge in [-0.3, -0.25) is 0 Å². The Morgan fingerprint density at radius 2 is 1.85 bits per heavy atom. The smallest absolute Gasteiger partial charge is 0.191 e. The van der Waals surface area contributed by atoms with Crippen LogP contribution >= 0.6 is 35.3 Å². The molecule has 0 radical (unpaired) electrons. The standard InChI is InChI=1S/C20H29N3O2S.HI/c1-6-21-19(22-12-15-9-10-26-13-15)23-14-20(2,3)16-7-8-17(24-4)18(11-16)25-5;/h7-11,13H,6,12,14H2,1-5H3,(H2,21,22,23);1H. The molecular weight excluding hydrogens is 473 g/mol. The molecule has 0 saturated carbocycles. The number of guanidine groups is 1. The van der Waals surface area contributed by atoms with E-state index in [9.17, 15) is 0 Å². The zero-order chi connectivity index (χ0) is 19.0. The second-order valence-electron chi connectivity index (χ2n) is 6.63. The third kappa shape index (κ3) is 6.88. The van der Waals surface area contributed by atoms with E-state index >= 15 is 0 Å². The number of aliphatic imine (C=N–C) groups is 1. The fraction of sp³-hybridized carbons (Fsp3) is 0.450. The molecule has 27 heavy (non-hydrogen) atoms. The number of nitrogens with one attached hydrogen (secondary N) is 2. The lowest BCUT2D eigenvalue weighted by molar-refractivity contribution is 0.353. The largest absolute Gasteiger partial charge is 0.493 e. The van der Waals surface area contributed by atoms with Crippen LogP contribution in [-0.4, -0.2) is 33.3 Å². The van der Waals surface area contributed by atoms with Crippen LogP contribution in [0.4, 0.5) is 0 Å². The average Bonchev–Trinajstić information content (AvgIpc) is 3.17. The van der Waals surface area contributed by atoms with Gasteiger partial charge >= 0.3 is 0 Å². The molecule has 0 spiro atoms. The van der Waals surface area contributed by atoms with Crippen molar-refractivity contribution in [2.24, 2.45) is 4.99 Å². The van der Waals surface area contributed by atoms with Crippen LogP contribution in [0.1, 0.15) is 31.9 Å². The van der Waals surface area contributed by atoms with Crippen LogP contribution in [0.25, 0.3) is 0 Å². The van der Waals surface area contributed by atoms with Crippen LogP contribution in [0.2, 0.25) is 0 Å². The number of ether oxygens (including phenoxy) is 2. The lowest BCUT2D eigenvalue weighted by Crippen LogP contribution is -2.43. The number of hydrogen-bond donors (Lipinski definition) is 2. The maximum atomic E-state index is 5.44. The van der Waals surface area contributed by atoms with Crippen molar-refractivity contribution >= 4 is 41.3 Å². The van der Waals surface area contributed by atoms with E-state index in [1.165, 1.54) is 11.1 Å². The van der Waals surface area contributed by atoms with Crippen molar-refractivity contribution in [3.8, 4) is 11.5 Å². The predicted octanol–water partition coefficient (Wildman–Crippen LogP) is 4.42. The maximum absolute atomic E-state index is 5.44. The maximum Gasteiger partial charge on any atom is 0.191 e. The van der Waals surface area contributed by atoms with E-state index in [1.807, 2.05) is 12.1 Å². The van der Waals surface area contributed by atoms with Gasteiger partial charge in [0.05, 0.1) is 20.8 Å². The summed E-state index contributed by atoms with van der Waals surface area (Å²) in [6.07, 6.45) is 0. The summed E-state index contributed by atoms with van der Waals surface area (Å²) >= 11 is 1.69. The van der Waals surface area contributed by atoms with E-state index in [-0.39, 0.29) is 29.4 Å². The second kappa shape index (κ2) is 11.4. The SMILES string of the molecule is CCNC(=NCc1ccsc1)NCC(C)(C)c1ccc(OC)c(OC)c1.I. The van der Waals surface area contributed by atoms with Gasteiger partial charge in [-0.15, -0.1) is 24.0 Å². The molecule has 2 aromatic rings. The summed E-state index contributed by atoms with van der Waals surface area (Å²) in [6.45, 7) is 8.72. The molecule has 0 unspecified atom stereocenters. The van der Waals surface area contributed by atoms with E-state index in [2.05, 4.69) is 59.3 Å². The highest BCUT2D eigenvalue weighted by atomic mass is 127. The van der Waals surface area contributed by atoms with Gasteiger partial charge < -0.3 is 20.1 Å². The highest BCUT2D eigenvalue weighted by Gasteiger charge is 2.22. The lowest BCUT2D eigenvalue weighted by atomic mass is 9.84. The van der Waals surface area contributed by atoms with Crippen LogP contribution in [0.3, 0.4) is 0 Å². The molecule has 0 saturated heterocycles. The zero-order valence-corrected chi connectivity index (χ0v) is 19.8. The molecule has 2 N–H and O–H groups in total. The number of nitrogens with zero attached hydrogens (tertiary/aromatic N) is 1. The number of halogens is 1. The molecular formula is C20H30IN3O2S. The van der Waals surface area contributed by atoms with Crippen molar-refractivity contribution in [2.45, 2.75) is 32.7 Å². The number of thiophene rings is 1. The molecule has 0 aliphatic carbocycles. The first kappa shape index (κ1) is 23.6. The Morgan fingerprint density at radius 1 is 1.11 bits per heavy atom. The van der Waals surface area contributed by atoms with E-state index < -0.39 is 0 Å². The molecule has 0 amide bonds. The van der Waals surface area contributed by atoms with Gasteiger partial charge in [-0.25, -0.2) is 4.99 Å². The summed E-state index contributed by atoms with van der Waals surface area (Å²) in [7, 11) is 3.31. The van der Waals surface area contributed by atoms with Gasteiger partial charge in [0, 0.05) is 18.5 Å². The van der Waals surface area contributed by atoms with Gasteiger partial charge in [-0.1, -0.05) is 19.9 Å². The van der Waals surface area contributed by atoms with E-state index in [0.29, 0.717) is 6.54 Å². The van der Waals surface area contributed by atoms with Gasteiger partial charge in [0.2, 0.25) is 0 Å². The zero-order valence-electron chi connectivity index (χ0n) is 16.7. The van der Waals surface area contributed by atoms with Gasteiger partial charge in [-0.05, 0) is 47.0 Å². The Hall–Kier alpha value is -1.48. The topological polar surface area (TPSA) is 54.9 Å². The minimum atomic E-state index is -0.0991. The van der Waals surface area contributed by atoms with Gasteiger partial charge in [0.25, 0.3) is 0 Å². The normalized spacial score (nSPS) is 11.5. The number of hydrogen-bond acceptors (Lipinski definition) is 4. The summed E-state index contributed by atoms with van der Waals surface area (Å²) in [5.41, 5.74) is 2.31. The van der Waals surface area contributed by atoms with Crippen molar-refractivity contribution in [3.63, 3.8) is 0 Å². The van der Waals surface area contributed by atoms with Crippen LogP contribution < -0.4 is 20.1 Å². The first-order valence-corrected chi connectivity index (χ1v) is 9.70. The predicted molar refractivity (Wildman–Crippen MR) is 125 cm³/mol. The van der Waals surface area contributed by atoms with Crippen LogP contribution in [0.15, 0.2) is 40.0 Å². The molecule has 0 aliphatic heterocycles. The van der Waals surface area contributed by atoms with Crippen molar-refractivity contribution in [1.29, 1.82) is 0 Å². The quantitative estimate of drug-likeness (QED) is 0.318. The third-order valence-electron chi connectivity index (χ3n) is 4.21. The molecule has 7 heteroatoms. The summed E-state index contributed by atoms with van der Waals surface area (Å²) in [4.78, 5) is 4.67. The minimum Gasteiger partial charge on any atom is -0.493 e. The molecule has 150 valence electrons. The van der Waals surface area contributed by atoms with Crippen LogP contribution in [-0.2, 0) is 12.0 Å². The fourth-order valence-corrected chi connectivity index (χ4v) is 3.22. The first-order valence-electron chi connectivity index (χ1n) is 8.76. The number of rotatable bonds is 8. The highest BCUT2D eigenvalue weighted by molar-refractivity contribution is 14.0. The van der Waals surface area contributed by atoms with Gasteiger partial charge in [0.15, 0.2) is 17.5 Å².